The van der Waals surface area contributed by atoms with Crippen molar-refractivity contribution in [3.05, 3.63) is 78.1 Å². The van der Waals surface area contributed by atoms with Crippen LogP contribution in [0.5, 0.6) is 11.5 Å². The Labute approximate surface area is 186 Å². The minimum Gasteiger partial charge on any atom is -0.494 e. The Morgan fingerprint density at radius 1 is 0.875 bits per heavy atom. The van der Waals surface area contributed by atoms with E-state index in [-0.39, 0.29) is 21.9 Å². The Bertz CT molecular complexity index is 1180. The number of carbonyl (C=O) groups excluding carboxylic acids is 1. The van der Waals surface area contributed by atoms with Crippen LogP contribution in [0.4, 0.5) is 15.8 Å². The van der Waals surface area contributed by atoms with Gasteiger partial charge in [-0.15, -0.1) is 0 Å². The largest absolute Gasteiger partial charge is 0.494 e. The van der Waals surface area contributed by atoms with Gasteiger partial charge in [-0.25, -0.2) is 12.8 Å². The lowest BCUT2D eigenvalue weighted by atomic mass is 10.2. The Kier molecular flexibility index (Phi) is 7.32. The molecule has 0 aliphatic heterocycles. The number of nitrogens with one attached hydrogen (secondary N) is 2. The number of amides is 1. The zero-order valence-corrected chi connectivity index (χ0v) is 18.4. The van der Waals surface area contributed by atoms with Gasteiger partial charge in [-0.2, -0.15) is 0 Å². The van der Waals surface area contributed by atoms with Gasteiger partial charge in [0.05, 0.1) is 18.1 Å². The van der Waals surface area contributed by atoms with Gasteiger partial charge < -0.3 is 14.8 Å². The van der Waals surface area contributed by atoms with Crippen molar-refractivity contribution in [1.29, 1.82) is 0 Å². The summed E-state index contributed by atoms with van der Waals surface area (Å²) >= 11 is 0. The van der Waals surface area contributed by atoms with E-state index < -0.39 is 21.7 Å². The topological polar surface area (TPSA) is 93.7 Å². The lowest BCUT2D eigenvalue weighted by molar-refractivity contribution is 0.102. The smallest absolute Gasteiger partial charge is 0.261 e. The third kappa shape index (κ3) is 5.76. The summed E-state index contributed by atoms with van der Waals surface area (Å²) in [5, 5.41) is 2.59. The highest BCUT2D eigenvalue weighted by Crippen LogP contribution is 2.23. The summed E-state index contributed by atoms with van der Waals surface area (Å²) in [6, 6.07) is 16.1. The molecule has 0 aliphatic carbocycles. The predicted molar refractivity (Wildman–Crippen MR) is 120 cm³/mol. The van der Waals surface area contributed by atoms with Crippen molar-refractivity contribution >= 4 is 27.3 Å². The Morgan fingerprint density at radius 3 is 2.09 bits per heavy atom. The Balaban J connectivity index is 1.66. The van der Waals surface area contributed by atoms with Gasteiger partial charge in [0.1, 0.15) is 5.75 Å². The number of carbonyl (C=O) groups is 1. The number of sulfonamides is 1. The Morgan fingerprint density at radius 2 is 1.50 bits per heavy atom. The van der Waals surface area contributed by atoms with Crippen molar-refractivity contribution in [1.82, 2.24) is 0 Å². The number of anilines is 2. The molecule has 9 heteroatoms. The average molecular weight is 459 g/mol. The molecule has 1 amide bonds. The van der Waals surface area contributed by atoms with Crippen LogP contribution in [0.25, 0.3) is 0 Å². The van der Waals surface area contributed by atoms with Crippen molar-refractivity contribution in [3.8, 4) is 11.5 Å². The standard InChI is InChI=1S/C23H23FN2O5S/c1-3-30-19-10-12-20(13-11-19)32(28,29)26-17-7-5-16(6-8-17)23(27)25-18-9-14-22(31-4-2)21(24)15-18/h5-15,26H,3-4H2,1-2H3,(H,25,27). The molecule has 0 heterocycles. The number of hydrogen-bond donors (Lipinski definition) is 2. The third-order valence-corrected chi connectivity index (χ3v) is 5.73. The first-order valence-electron chi connectivity index (χ1n) is 9.92. The van der Waals surface area contributed by atoms with E-state index in [1.165, 1.54) is 54.6 Å². The van der Waals surface area contributed by atoms with E-state index in [1.54, 1.807) is 19.1 Å². The fraction of sp³-hybridized carbons (Fsp3) is 0.174. The maximum atomic E-state index is 14.0. The first-order valence-corrected chi connectivity index (χ1v) is 11.4. The van der Waals surface area contributed by atoms with E-state index in [0.29, 0.717) is 24.7 Å². The van der Waals surface area contributed by atoms with Crippen LogP contribution < -0.4 is 19.5 Å². The van der Waals surface area contributed by atoms with Gasteiger partial charge in [0.25, 0.3) is 15.9 Å². The van der Waals surface area contributed by atoms with Crippen molar-refractivity contribution in [3.63, 3.8) is 0 Å². The molecule has 0 spiro atoms. The summed E-state index contributed by atoms with van der Waals surface area (Å²) in [6.45, 7) is 4.40. The number of rotatable bonds is 9. The van der Waals surface area contributed by atoms with E-state index in [4.69, 9.17) is 9.47 Å². The third-order valence-electron chi connectivity index (χ3n) is 4.33. The summed E-state index contributed by atoms with van der Waals surface area (Å²) in [4.78, 5) is 12.5. The maximum absolute atomic E-state index is 14.0. The highest BCUT2D eigenvalue weighted by atomic mass is 32.2. The van der Waals surface area contributed by atoms with Crippen molar-refractivity contribution in [2.45, 2.75) is 18.7 Å². The van der Waals surface area contributed by atoms with E-state index in [0.717, 1.165) is 0 Å². The number of halogens is 1. The molecular formula is C23H23FN2O5S. The number of hydrogen-bond acceptors (Lipinski definition) is 5. The molecule has 0 aliphatic rings. The van der Waals surface area contributed by atoms with Gasteiger partial charge >= 0.3 is 0 Å². The van der Waals surface area contributed by atoms with Crippen LogP contribution in [0.2, 0.25) is 0 Å². The minimum atomic E-state index is -3.80. The Hall–Kier alpha value is -3.59. The summed E-state index contributed by atoms with van der Waals surface area (Å²) in [7, 11) is -3.80. The molecule has 0 atom stereocenters. The number of ether oxygens (including phenoxy) is 2. The highest BCUT2D eigenvalue weighted by molar-refractivity contribution is 7.92. The van der Waals surface area contributed by atoms with Gasteiger partial charge in [-0.3, -0.25) is 9.52 Å². The fourth-order valence-electron chi connectivity index (χ4n) is 2.84. The maximum Gasteiger partial charge on any atom is 0.261 e. The highest BCUT2D eigenvalue weighted by Gasteiger charge is 2.15. The molecule has 0 saturated carbocycles. The van der Waals surface area contributed by atoms with Gasteiger partial charge in [-0.05, 0) is 74.5 Å². The van der Waals surface area contributed by atoms with Crippen LogP contribution in [0.1, 0.15) is 24.2 Å². The molecule has 3 aromatic rings. The molecule has 0 fully saturated rings. The van der Waals surface area contributed by atoms with Crippen LogP contribution in [0.15, 0.2) is 71.6 Å². The second-order valence-corrected chi connectivity index (χ2v) is 8.30. The molecule has 0 saturated heterocycles. The molecule has 32 heavy (non-hydrogen) atoms. The zero-order chi connectivity index (χ0) is 23.1. The monoisotopic (exact) mass is 458 g/mol. The molecule has 0 bridgehead atoms. The first-order chi connectivity index (χ1) is 15.3. The molecule has 0 unspecified atom stereocenters. The van der Waals surface area contributed by atoms with Crippen molar-refractivity contribution < 1.29 is 27.1 Å². The predicted octanol–water partition coefficient (Wildman–Crippen LogP) is 4.68. The molecule has 0 aromatic heterocycles. The SMILES string of the molecule is CCOc1ccc(S(=O)(=O)Nc2ccc(C(=O)Nc3ccc(OCC)c(F)c3)cc2)cc1. The summed E-state index contributed by atoms with van der Waals surface area (Å²) in [5.74, 6) is -0.359. The molecule has 2 N–H and O–H groups in total. The summed E-state index contributed by atoms with van der Waals surface area (Å²) in [6.07, 6.45) is 0. The van der Waals surface area contributed by atoms with E-state index >= 15 is 0 Å². The lowest BCUT2D eigenvalue weighted by Crippen LogP contribution is -2.14. The number of benzene rings is 3. The molecule has 3 rings (SSSR count). The van der Waals surface area contributed by atoms with Crippen molar-refractivity contribution in [2.24, 2.45) is 0 Å². The van der Waals surface area contributed by atoms with Crippen molar-refractivity contribution in [2.75, 3.05) is 23.3 Å². The normalized spacial score (nSPS) is 11.0. The zero-order valence-electron chi connectivity index (χ0n) is 17.6. The van der Waals surface area contributed by atoms with E-state index in [9.17, 15) is 17.6 Å². The lowest BCUT2D eigenvalue weighted by Gasteiger charge is -2.11. The second kappa shape index (κ2) is 10.1. The fourth-order valence-corrected chi connectivity index (χ4v) is 3.90. The van der Waals surface area contributed by atoms with Gasteiger partial charge in [0.15, 0.2) is 11.6 Å². The summed E-state index contributed by atoms with van der Waals surface area (Å²) < 4.78 is 52.0. The molecule has 0 radical (unpaired) electrons. The van der Waals surface area contributed by atoms with Crippen LogP contribution in [-0.4, -0.2) is 27.5 Å². The van der Waals surface area contributed by atoms with E-state index in [1.807, 2.05) is 6.92 Å². The quantitative estimate of drug-likeness (QED) is 0.486. The van der Waals surface area contributed by atoms with Gasteiger partial charge in [0.2, 0.25) is 0 Å². The van der Waals surface area contributed by atoms with Gasteiger partial charge in [-0.1, -0.05) is 0 Å². The van der Waals surface area contributed by atoms with E-state index in [2.05, 4.69) is 10.0 Å². The second-order valence-electron chi connectivity index (χ2n) is 6.62. The van der Waals surface area contributed by atoms with Gasteiger partial charge in [0, 0.05) is 23.0 Å². The molecular weight excluding hydrogens is 435 g/mol. The first kappa shape index (κ1) is 23.1. The van der Waals surface area contributed by atoms with Crippen LogP contribution in [0, 0.1) is 5.82 Å². The van der Waals surface area contributed by atoms with Crippen LogP contribution in [-0.2, 0) is 10.0 Å². The molecule has 3 aromatic carbocycles. The molecule has 7 nitrogen and oxygen atoms in total. The average Bonchev–Trinajstić information content (AvgIpc) is 2.76. The van der Waals surface area contributed by atoms with Crippen LogP contribution >= 0.6 is 0 Å². The molecule has 168 valence electrons. The van der Waals surface area contributed by atoms with Crippen LogP contribution in [0.3, 0.4) is 0 Å². The summed E-state index contributed by atoms with van der Waals surface area (Å²) in [5.41, 5.74) is 0.849. The minimum absolute atomic E-state index is 0.0836.